The normalized spacial score (nSPS) is 10.4. The molecular weight excluding hydrogens is 200 g/mol. The summed E-state index contributed by atoms with van der Waals surface area (Å²) in [5, 5.41) is 8.86. The highest BCUT2D eigenvalue weighted by Gasteiger charge is 2.04. The molecule has 0 atom stereocenters. The van der Waals surface area contributed by atoms with Crippen LogP contribution in [0.5, 0.6) is 0 Å². The summed E-state index contributed by atoms with van der Waals surface area (Å²) in [5.74, 6) is 0.401. The van der Waals surface area contributed by atoms with Crippen LogP contribution < -0.4 is 5.73 Å². The van der Waals surface area contributed by atoms with Crippen LogP contribution in [-0.4, -0.2) is 15.2 Å². The summed E-state index contributed by atoms with van der Waals surface area (Å²) in [5.41, 5.74) is 6.25. The lowest BCUT2D eigenvalue weighted by atomic mass is 10.5. The van der Waals surface area contributed by atoms with Gasteiger partial charge in [0, 0.05) is 0 Å². The Morgan fingerprint density at radius 2 is 2.21 bits per heavy atom. The van der Waals surface area contributed by atoms with Crippen molar-refractivity contribution in [1.82, 2.24) is 15.2 Å². The molecule has 72 valence electrons. The van der Waals surface area contributed by atoms with Crippen molar-refractivity contribution in [3.05, 3.63) is 24.1 Å². The van der Waals surface area contributed by atoms with Crippen molar-refractivity contribution >= 4 is 17.6 Å². The quantitative estimate of drug-likeness (QED) is 0.805. The topological polar surface area (TPSA) is 77.8 Å². The fourth-order valence-corrected chi connectivity index (χ4v) is 1.54. The molecule has 0 saturated heterocycles. The number of nitrogens with zero attached hydrogens (tertiary/aromatic N) is 3. The molecule has 0 saturated carbocycles. The number of anilines is 1. The fourth-order valence-electron chi connectivity index (χ4n) is 0.853. The molecule has 0 fully saturated rings. The van der Waals surface area contributed by atoms with Crippen molar-refractivity contribution in [3.8, 4) is 0 Å². The Hall–Kier alpha value is -1.56. The number of aryl methyl sites for hydroxylation is 1. The van der Waals surface area contributed by atoms with E-state index in [1.807, 2.05) is 6.92 Å². The monoisotopic (exact) mass is 208 g/mol. The summed E-state index contributed by atoms with van der Waals surface area (Å²) < 4.78 is 5.15. The predicted molar refractivity (Wildman–Crippen MR) is 51.8 cm³/mol. The van der Waals surface area contributed by atoms with Gasteiger partial charge in [-0.1, -0.05) is 0 Å². The van der Waals surface area contributed by atoms with E-state index in [9.17, 15) is 0 Å². The van der Waals surface area contributed by atoms with E-state index >= 15 is 0 Å². The molecule has 0 aliphatic heterocycles. The molecule has 2 rings (SSSR count). The first-order chi connectivity index (χ1) is 6.74. The van der Waals surface area contributed by atoms with Gasteiger partial charge < -0.3 is 10.2 Å². The van der Waals surface area contributed by atoms with Gasteiger partial charge in [0.25, 0.3) is 5.22 Å². The molecule has 2 aromatic heterocycles. The Labute approximate surface area is 84.7 Å². The lowest BCUT2D eigenvalue weighted by Gasteiger charge is -1.94. The Bertz CT molecular complexity index is 425. The van der Waals surface area contributed by atoms with Gasteiger partial charge in [-0.2, -0.15) is 0 Å². The Kier molecular flexibility index (Phi) is 2.36. The zero-order chi connectivity index (χ0) is 9.97. The van der Waals surface area contributed by atoms with E-state index < -0.39 is 0 Å². The largest absolute Gasteiger partial charge is 0.439 e. The lowest BCUT2D eigenvalue weighted by molar-refractivity contribution is 0.453. The lowest BCUT2D eigenvalue weighted by Crippen LogP contribution is -1.92. The number of nitrogens with two attached hydrogens (primary N) is 1. The van der Waals surface area contributed by atoms with Gasteiger partial charge in [0.05, 0.1) is 5.69 Å². The van der Waals surface area contributed by atoms with E-state index in [0.717, 1.165) is 5.69 Å². The maximum Gasteiger partial charge on any atom is 0.262 e. The van der Waals surface area contributed by atoms with Gasteiger partial charge >= 0.3 is 0 Å². The summed E-state index contributed by atoms with van der Waals surface area (Å²) in [6.45, 7) is 1.86. The maximum atomic E-state index is 5.40. The maximum absolute atomic E-state index is 5.40. The third-order valence-corrected chi connectivity index (χ3v) is 2.24. The first-order valence-corrected chi connectivity index (χ1v) is 4.75. The van der Waals surface area contributed by atoms with Crippen LogP contribution in [0.3, 0.4) is 0 Å². The average molecular weight is 208 g/mol. The first-order valence-electron chi connectivity index (χ1n) is 3.93. The standard InChI is InChI=1S/C8H8N4OS/c1-5-4-13-8(10-5)14-7-3-2-6(9)11-12-7/h2-4H,1H3,(H2,9,11). The third kappa shape index (κ3) is 2.02. The summed E-state index contributed by atoms with van der Waals surface area (Å²) >= 11 is 1.31. The van der Waals surface area contributed by atoms with Crippen LogP contribution >= 0.6 is 11.8 Å². The highest BCUT2D eigenvalue weighted by Crippen LogP contribution is 2.24. The number of oxazole rings is 1. The second-order valence-corrected chi connectivity index (χ2v) is 3.62. The molecule has 0 aliphatic carbocycles. The fraction of sp³-hybridized carbons (Fsp3) is 0.125. The van der Waals surface area contributed by atoms with Crippen molar-refractivity contribution in [2.75, 3.05) is 5.73 Å². The van der Waals surface area contributed by atoms with Crippen molar-refractivity contribution in [2.24, 2.45) is 0 Å². The van der Waals surface area contributed by atoms with Crippen molar-refractivity contribution < 1.29 is 4.42 Å². The second-order valence-electron chi connectivity index (χ2n) is 2.65. The molecule has 0 amide bonds. The number of hydrogen-bond acceptors (Lipinski definition) is 6. The molecule has 6 heteroatoms. The van der Waals surface area contributed by atoms with Gasteiger partial charge in [-0.3, -0.25) is 0 Å². The molecule has 0 aromatic carbocycles. The number of hydrogen-bond donors (Lipinski definition) is 1. The van der Waals surface area contributed by atoms with Crippen molar-refractivity contribution in [3.63, 3.8) is 0 Å². The Morgan fingerprint density at radius 1 is 1.36 bits per heavy atom. The zero-order valence-corrected chi connectivity index (χ0v) is 8.28. The molecule has 2 aromatic rings. The van der Waals surface area contributed by atoms with E-state index in [-0.39, 0.29) is 0 Å². The third-order valence-electron chi connectivity index (χ3n) is 1.45. The first kappa shape index (κ1) is 9.01. The van der Waals surface area contributed by atoms with Crippen LogP contribution in [0.25, 0.3) is 0 Å². The number of aromatic nitrogens is 3. The summed E-state index contributed by atoms with van der Waals surface area (Å²) in [6, 6.07) is 3.46. The molecule has 5 nitrogen and oxygen atoms in total. The van der Waals surface area contributed by atoms with Gasteiger partial charge in [0.1, 0.15) is 17.1 Å². The van der Waals surface area contributed by atoms with E-state index in [2.05, 4.69) is 15.2 Å². The van der Waals surface area contributed by atoms with Gasteiger partial charge in [0.2, 0.25) is 0 Å². The number of nitrogen functional groups attached to an aromatic ring is 1. The number of rotatable bonds is 2. The van der Waals surface area contributed by atoms with Gasteiger partial charge in [-0.15, -0.1) is 10.2 Å². The Morgan fingerprint density at radius 3 is 2.79 bits per heavy atom. The van der Waals surface area contributed by atoms with Crippen LogP contribution in [0.2, 0.25) is 0 Å². The molecule has 14 heavy (non-hydrogen) atoms. The molecule has 2 heterocycles. The highest BCUT2D eigenvalue weighted by atomic mass is 32.2. The minimum absolute atomic E-state index is 0.401. The minimum atomic E-state index is 0.401. The van der Waals surface area contributed by atoms with E-state index in [0.29, 0.717) is 16.1 Å². The van der Waals surface area contributed by atoms with Crippen LogP contribution in [-0.2, 0) is 0 Å². The molecule has 0 radical (unpaired) electrons. The minimum Gasteiger partial charge on any atom is -0.439 e. The van der Waals surface area contributed by atoms with Gasteiger partial charge in [-0.25, -0.2) is 4.98 Å². The van der Waals surface area contributed by atoms with Crippen LogP contribution in [0.1, 0.15) is 5.69 Å². The summed E-state index contributed by atoms with van der Waals surface area (Å²) in [4.78, 5) is 4.13. The smallest absolute Gasteiger partial charge is 0.262 e. The Balaban J connectivity index is 2.15. The summed E-state index contributed by atoms with van der Waals surface area (Å²) in [7, 11) is 0. The van der Waals surface area contributed by atoms with Crippen molar-refractivity contribution in [2.45, 2.75) is 17.2 Å². The molecular formula is C8H8N4OS. The predicted octanol–water partition coefficient (Wildman–Crippen LogP) is 1.51. The van der Waals surface area contributed by atoms with Crippen LogP contribution in [0.4, 0.5) is 5.82 Å². The summed E-state index contributed by atoms with van der Waals surface area (Å²) in [6.07, 6.45) is 1.59. The molecule has 0 unspecified atom stereocenters. The SMILES string of the molecule is Cc1coc(Sc2ccc(N)nn2)n1. The molecule has 0 spiro atoms. The van der Waals surface area contributed by atoms with Gasteiger partial charge in [-0.05, 0) is 30.8 Å². The molecule has 2 N–H and O–H groups in total. The van der Waals surface area contributed by atoms with E-state index in [1.54, 1.807) is 18.4 Å². The average Bonchev–Trinajstić information content (AvgIpc) is 2.56. The second kappa shape index (κ2) is 3.67. The van der Waals surface area contributed by atoms with E-state index in [1.165, 1.54) is 11.8 Å². The highest BCUT2D eigenvalue weighted by molar-refractivity contribution is 7.99. The van der Waals surface area contributed by atoms with E-state index in [4.69, 9.17) is 10.2 Å². The molecule has 0 bridgehead atoms. The van der Waals surface area contributed by atoms with Crippen LogP contribution in [0.15, 0.2) is 33.1 Å². The van der Waals surface area contributed by atoms with Gasteiger partial charge in [0.15, 0.2) is 0 Å². The zero-order valence-electron chi connectivity index (χ0n) is 7.47. The molecule has 0 aliphatic rings. The van der Waals surface area contributed by atoms with Crippen LogP contribution in [0, 0.1) is 6.92 Å². The van der Waals surface area contributed by atoms with Crippen molar-refractivity contribution in [1.29, 1.82) is 0 Å².